The van der Waals surface area contributed by atoms with Gasteiger partial charge in [-0.3, -0.25) is 9.59 Å². The molecule has 5 N–H and O–H groups in total. The topological polar surface area (TPSA) is 145 Å². The van der Waals surface area contributed by atoms with Crippen LogP contribution in [0.2, 0.25) is 5.15 Å². The van der Waals surface area contributed by atoms with Crippen LogP contribution in [0.15, 0.2) is 133 Å². The molecule has 0 fully saturated rings. The van der Waals surface area contributed by atoms with Crippen molar-refractivity contribution in [3.05, 3.63) is 172 Å². The minimum absolute atomic E-state index is 0. The summed E-state index contributed by atoms with van der Waals surface area (Å²) in [4.78, 5) is 39.9. The van der Waals surface area contributed by atoms with Crippen molar-refractivity contribution >= 4 is 45.2 Å². The van der Waals surface area contributed by atoms with Gasteiger partial charge in [0.1, 0.15) is 11.8 Å². The summed E-state index contributed by atoms with van der Waals surface area (Å²) in [7, 11) is 0. The number of aliphatic hydroxyl groups is 1. The molecule has 286 valence electrons. The maximum Gasteiger partial charge on any atom is 1.00 e. The van der Waals surface area contributed by atoms with Crippen LogP contribution in [0.4, 0.5) is 0 Å². The number of rotatable bonds is 6. The van der Waals surface area contributed by atoms with Crippen LogP contribution < -0.4 is 44.9 Å². The van der Waals surface area contributed by atoms with Crippen molar-refractivity contribution in [2.24, 2.45) is 0 Å². The molecular weight excluding hydrogens is 759 g/mol. The summed E-state index contributed by atoms with van der Waals surface area (Å²) >= 11 is 6.02. The number of aromatic nitrogens is 4. The van der Waals surface area contributed by atoms with E-state index in [0.29, 0.717) is 30.7 Å². The molecule has 4 aromatic carbocycles. The molecule has 2 aliphatic rings. The number of nitrogens with zero attached hydrogens (tertiary/aromatic N) is 2. The molecule has 2 amide bonds. The Morgan fingerprint density at radius 2 is 1.12 bits per heavy atom. The Balaban J connectivity index is 0.000000166. The molecule has 10 rings (SSSR count). The molecule has 12 heteroatoms. The molecule has 0 saturated carbocycles. The number of pyridine rings is 2. The molecule has 0 radical (unpaired) electrons. The minimum Gasteiger partial charge on any atom is -1.00 e. The Kier molecular flexibility index (Phi) is 13.0. The van der Waals surface area contributed by atoms with Gasteiger partial charge in [-0.05, 0) is 41.5 Å². The smallest absolute Gasteiger partial charge is 1.00 e. The maximum atomic E-state index is 12.1. The summed E-state index contributed by atoms with van der Waals surface area (Å²) in [5.74, 6) is 0.534. The second-order valence-electron chi connectivity index (χ2n) is 13.6. The fraction of sp³-hybridized carbons (Fsp3) is 0.130. The number of aromatic amines is 2. The van der Waals surface area contributed by atoms with Crippen LogP contribution in [-0.4, -0.2) is 49.9 Å². The number of carbonyl (C=O) groups excluding carboxylic acids is 2. The van der Waals surface area contributed by atoms with Crippen LogP contribution in [0.1, 0.15) is 44.7 Å². The number of hydrogen-bond donors (Lipinski definition) is 5. The Bertz CT molecular complexity index is 2710. The van der Waals surface area contributed by atoms with Crippen LogP contribution in [0, 0.1) is 0 Å². The summed E-state index contributed by atoms with van der Waals surface area (Å²) < 4.78 is 5.90. The van der Waals surface area contributed by atoms with Crippen molar-refractivity contribution in [2.75, 3.05) is 13.1 Å². The van der Waals surface area contributed by atoms with Gasteiger partial charge in [0.05, 0.1) is 28.8 Å². The summed E-state index contributed by atoms with van der Waals surface area (Å²) in [6.07, 6.45) is 1.63. The molecule has 0 bridgehead atoms. The third-order valence-corrected chi connectivity index (χ3v) is 10.0. The van der Waals surface area contributed by atoms with Gasteiger partial charge in [0.2, 0.25) is 5.88 Å². The van der Waals surface area contributed by atoms with Crippen molar-refractivity contribution in [2.45, 2.75) is 26.1 Å². The zero-order chi connectivity index (χ0) is 39.1. The molecule has 0 aliphatic carbocycles. The van der Waals surface area contributed by atoms with E-state index in [2.05, 4.69) is 25.6 Å². The number of benzene rings is 4. The van der Waals surface area contributed by atoms with E-state index >= 15 is 0 Å². The van der Waals surface area contributed by atoms with Gasteiger partial charge in [-0.2, -0.15) is 0 Å². The number of hydrogen-bond acceptors (Lipinski definition) is 6. The van der Waals surface area contributed by atoms with Crippen molar-refractivity contribution in [1.82, 2.24) is 30.6 Å². The fourth-order valence-corrected chi connectivity index (χ4v) is 7.11. The number of nitrogens with one attached hydrogen (secondary N) is 4. The fourth-order valence-electron chi connectivity index (χ4n) is 6.96. The summed E-state index contributed by atoms with van der Waals surface area (Å²) in [6.45, 7) is 1.95. The predicted octanol–water partition coefficient (Wildman–Crippen LogP) is 5.56. The van der Waals surface area contributed by atoms with E-state index < -0.39 is 0 Å². The van der Waals surface area contributed by atoms with E-state index in [9.17, 15) is 9.59 Å². The Morgan fingerprint density at radius 3 is 1.64 bits per heavy atom. The molecule has 4 aromatic heterocycles. The van der Waals surface area contributed by atoms with Crippen molar-refractivity contribution in [3.63, 3.8) is 0 Å². The molecule has 58 heavy (non-hydrogen) atoms. The zero-order valence-corrected chi connectivity index (χ0v) is 34.6. The first-order valence-corrected chi connectivity index (χ1v) is 19.1. The number of ether oxygens (including phenoxy) is 1. The third kappa shape index (κ3) is 9.18. The van der Waals surface area contributed by atoms with Crippen LogP contribution in [-0.2, 0) is 26.1 Å². The minimum atomic E-state index is -0.0242. The number of fused-ring (bicyclic) bond motifs is 4. The third-order valence-electron chi connectivity index (χ3n) is 9.83. The number of carbonyl (C=O) groups is 2. The van der Waals surface area contributed by atoms with Crippen LogP contribution in [0.3, 0.4) is 0 Å². The molecule has 0 saturated heterocycles. The van der Waals surface area contributed by atoms with E-state index in [-0.39, 0.29) is 49.4 Å². The van der Waals surface area contributed by atoms with Gasteiger partial charge in [0, 0.05) is 76.7 Å². The van der Waals surface area contributed by atoms with E-state index in [1.807, 2.05) is 127 Å². The van der Waals surface area contributed by atoms with Gasteiger partial charge in [-0.25, -0.2) is 9.97 Å². The number of aliphatic hydroxyl groups excluding tert-OH is 1. The molecule has 10 nitrogen and oxygen atoms in total. The number of halogens is 1. The number of amides is 2. The quantitative estimate of drug-likeness (QED) is 0.110. The zero-order valence-electron chi connectivity index (χ0n) is 32.9. The van der Waals surface area contributed by atoms with E-state index in [0.717, 1.165) is 90.8 Å². The normalized spacial score (nSPS) is 12.7. The van der Waals surface area contributed by atoms with Gasteiger partial charge in [-0.1, -0.05) is 109 Å². The standard InChI is InChI=1S/C23H19N3O2.C16H12ClN3O.C7H8O.Na.H/c27-23-18-13-20(25-19(18)11-12-24-23)17-8-4-7-16-9-10-21(26-22(16)17)28-14-15-5-2-1-3-6-15;17-14-5-4-9-2-1-3-10(15(9)20-14)13-8-11-12(19-13)6-7-18-16(11)21;8-6-7-4-2-1-3-5-7;;/h1-10,13,25H,11-12,14H2,(H,24,27);1-5,8,19H,6-7H2,(H,18,21);1-5,8H,6H2;;/q;;;+1;-1. The molecule has 6 heterocycles. The molecule has 0 atom stereocenters. The van der Waals surface area contributed by atoms with Gasteiger partial charge in [-0.15, -0.1) is 0 Å². The van der Waals surface area contributed by atoms with Gasteiger partial charge >= 0.3 is 29.6 Å². The molecular formula is C46H40ClN6NaO4. The van der Waals surface area contributed by atoms with E-state index in [4.69, 9.17) is 26.4 Å². The van der Waals surface area contributed by atoms with Crippen molar-refractivity contribution < 1.29 is 50.4 Å². The SMILES string of the molecule is O=C1NCCc2[nH]c(-c3cccc4ccc(Cl)nc34)cc21.O=C1NCCc2[nH]c(-c3cccc4ccc(OCc5ccccc5)nc34)cc21.OCc1ccccc1.[H-].[Na+]. The monoisotopic (exact) mass is 798 g/mol. The Hall–Kier alpha value is -5.75. The van der Waals surface area contributed by atoms with Crippen LogP contribution in [0.5, 0.6) is 5.88 Å². The summed E-state index contributed by atoms with van der Waals surface area (Å²) in [5, 5.41) is 16.8. The van der Waals surface area contributed by atoms with Crippen LogP contribution >= 0.6 is 11.6 Å². The second kappa shape index (κ2) is 18.7. The van der Waals surface area contributed by atoms with Gasteiger partial charge in [0.15, 0.2) is 0 Å². The van der Waals surface area contributed by atoms with Crippen LogP contribution in [0.25, 0.3) is 44.3 Å². The average molecular weight is 799 g/mol. The largest absolute Gasteiger partial charge is 1.00 e. The summed E-state index contributed by atoms with van der Waals surface area (Å²) in [5.41, 5.74) is 10.9. The number of para-hydroxylation sites is 2. The predicted molar refractivity (Wildman–Crippen MR) is 224 cm³/mol. The first-order chi connectivity index (χ1) is 27.9. The Labute approximate surface area is 363 Å². The Morgan fingerprint density at radius 1 is 0.603 bits per heavy atom. The number of H-pyrrole nitrogens is 2. The van der Waals surface area contributed by atoms with E-state index in [1.165, 1.54) is 0 Å². The van der Waals surface area contributed by atoms with Gasteiger partial charge < -0.3 is 31.9 Å². The molecule has 0 unspecified atom stereocenters. The van der Waals surface area contributed by atoms with Crippen molar-refractivity contribution in [1.29, 1.82) is 0 Å². The molecule has 8 aromatic rings. The van der Waals surface area contributed by atoms with Gasteiger partial charge in [0.25, 0.3) is 11.8 Å². The van der Waals surface area contributed by atoms with E-state index in [1.54, 1.807) is 6.07 Å². The molecule has 2 aliphatic heterocycles. The first-order valence-electron chi connectivity index (χ1n) is 18.7. The first kappa shape index (κ1) is 40.4. The second-order valence-corrected chi connectivity index (χ2v) is 14.0. The van der Waals surface area contributed by atoms with Crippen molar-refractivity contribution in [3.8, 4) is 28.4 Å². The molecule has 0 spiro atoms. The average Bonchev–Trinajstić information content (AvgIpc) is 3.90. The maximum absolute atomic E-state index is 12.1. The summed E-state index contributed by atoms with van der Waals surface area (Å²) in [6, 6.07) is 43.0.